The molecule has 1 N–H and O–H groups in total. The third-order valence-corrected chi connectivity index (χ3v) is 3.05. The summed E-state index contributed by atoms with van der Waals surface area (Å²) in [5.74, 6) is -0.212. The van der Waals surface area contributed by atoms with Crippen LogP contribution in [0, 0.1) is 16.7 Å². The number of nitrogens with zero attached hydrogens (tertiary/aromatic N) is 2. The number of methoxy groups -OCH3 is 1. The van der Waals surface area contributed by atoms with E-state index in [4.69, 9.17) is 9.84 Å². The van der Waals surface area contributed by atoms with Gasteiger partial charge in [-0.05, 0) is 12.8 Å². The Kier molecular flexibility index (Phi) is 7.51. The van der Waals surface area contributed by atoms with Crippen molar-refractivity contribution in [2.24, 2.45) is 5.41 Å². The average Bonchev–Trinajstić information content (AvgIpc) is 2.37. The van der Waals surface area contributed by atoms with Crippen LogP contribution < -0.4 is 0 Å². The van der Waals surface area contributed by atoms with Gasteiger partial charge in [0, 0.05) is 20.2 Å². The maximum atomic E-state index is 12.3. The van der Waals surface area contributed by atoms with Gasteiger partial charge in [-0.3, -0.25) is 4.79 Å². The molecule has 0 aromatic rings. The molecule has 0 saturated heterocycles. The second-order valence-corrected chi connectivity index (χ2v) is 3.91. The SMILES string of the molecule is CCC(C#N)(CC)C(=O)N(CCO)CCOC. The normalized spacial score (nSPS) is 11.0. The van der Waals surface area contributed by atoms with Crippen molar-refractivity contribution in [2.45, 2.75) is 26.7 Å². The zero-order valence-electron chi connectivity index (χ0n) is 10.9. The Hall–Kier alpha value is -1.12. The first kappa shape index (κ1) is 15.9. The van der Waals surface area contributed by atoms with E-state index in [-0.39, 0.29) is 19.1 Å². The molecule has 0 spiro atoms. The quantitative estimate of drug-likeness (QED) is 0.682. The Morgan fingerprint density at radius 3 is 2.35 bits per heavy atom. The molecule has 0 aliphatic heterocycles. The second kappa shape index (κ2) is 8.04. The van der Waals surface area contributed by atoms with E-state index >= 15 is 0 Å². The molecule has 0 bridgehead atoms. The van der Waals surface area contributed by atoms with Crippen molar-refractivity contribution in [3.05, 3.63) is 0 Å². The molecule has 0 saturated carbocycles. The molecule has 0 atom stereocenters. The molecule has 1 amide bonds. The van der Waals surface area contributed by atoms with E-state index < -0.39 is 5.41 Å². The van der Waals surface area contributed by atoms with Gasteiger partial charge in [0.05, 0.1) is 19.3 Å². The molecule has 98 valence electrons. The van der Waals surface area contributed by atoms with Crippen LogP contribution >= 0.6 is 0 Å². The number of ether oxygens (including phenoxy) is 1. The van der Waals surface area contributed by atoms with Crippen molar-refractivity contribution >= 4 is 5.91 Å². The minimum Gasteiger partial charge on any atom is -0.395 e. The molecule has 0 unspecified atom stereocenters. The van der Waals surface area contributed by atoms with Crippen molar-refractivity contribution < 1.29 is 14.6 Å². The molecular formula is C12H22N2O3. The number of aliphatic hydroxyl groups is 1. The summed E-state index contributed by atoms with van der Waals surface area (Å²) in [6.45, 7) is 4.60. The summed E-state index contributed by atoms with van der Waals surface area (Å²) < 4.78 is 4.92. The number of amides is 1. The molecule has 0 rings (SSSR count). The first-order chi connectivity index (χ1) is 8.11. The summed E-state index contributed by atoms with van der Waals surface area (Å²) in [5.41, 5.74) is -0.969. The predicted molar refractivity (Wildman–Crippen MR) is 64.2 cm³/mol. The lowest BCUT2D eigenvalue weighted by molar-refractivity contribution is -0.140. The summed E-state index contributed by atoms with van der Waals surface area (Å²) in [7, 11) is 1.55. The van der Waals surface area contributed by atoms with Gasteiger partial charge in [0.15, 0.2) is 0 Å². The lowest BCUT2D eigenvalue weighted by atomic mass is 9.82. The molecule has 5 nitrogen and oxygen atoms in total. The zero-order chi connectivity index (χ0) is 13.3. The maximum absolute atomic E-state index is 12.3. The zero-order valence-corrected chi connectivity index (χ0v) is 10.9. The summed E-state index contributed by atoms with van der Waals surface area (Å²) in [5, 5.41) is 18.1. The monoisotopic (exact) mass is 242 g/mol. The molecule has 0 fully saturated rings. The van der Waals surface area contributed by atoms with Crippen molar-refractivity contribution in [3.63, 3.8) is 0 Å². The Labute approximate surface area is 103 Å². The minimum atomic E-state index is -0.969. The molecule has 0 aromatic carbocycles. The van der Waals surface area contributed by atoms with E-state index in [0.717, 1.165) is 0 Å². The van der Waals surface area contributed by atoms with Crippen molar-refractivity contribution in [1.82, 2.24) is 4.90 Å². The summed E-state index contributed by atoms with van der Waals surface area (Å²) in [6.07, 6.45) is 0.960. The predicted octanol–water partition coefficient (Wildman–Crippen LogP) is 0.784. The highest BCUT2D eigenvalue weighted by Gasteiger charge is 2.38. The first-order valence-corrected chi connectivity index (χ1v) is 5.92. The summed E-state index contributed by atoms with van der Waals surface area (Å²) >= 11 is 0. The molecular weight excluding hydrogens is 220 g/mol. The van der Waals surface area contributed by atoms with Gasteiger partial charge in [-0.2, -0.15) is 5.26 Å². The van der Waals surface area contributed by atoms with Gasteiger partial charge < -0.3 is 14.7 Å². The lowest BCUT2D eigenvalue weighted by Crippen LogP contribution is -2.45. The summed E-state index contributed by atoms with van der Waals surface area (Å²) in [6, 6.07) is 2.12. The highest BCUT2D eigenvalue weighted by atomic mass is 16.5. The number of carbonyl (C=O) groups is 1. The number of hydrogen-bond acceptors (Lipinski definition) is 4. The number of aliphatic hydroxyl groups excluding tert-OH is 1. The van der Waals surface area contributed by atoms with Gasteiger partial charge in [0.2, 0.25) is 5.91 Å². The fourth-order valence-electron chi connectivity index (χ4n) is 1.70. The van der Waals surface area contributed by atoms with Crippen LogP contribution in [0.1, 0.15) is 26.7 Å². The van der Waals surface area contributed by atoms with E-state index in [1.165, 1.54) is 4.90 Å². The number of nitriles is 1. The van der Waals surface area contributed by atoms with Crippen LogP contribution in [-0.2, 0) is 9.53 Å². The molecule has 0 aliphatic rings. The average molecular weight is 242 g/mol. The van der Waals surface area contributed by atoms with Crippen LogP contribution in [0.25, 0.3) is 0 Å². The highest BCUT2D eigenvalue weighted by Crippen LogP contribution is 2.27. The topological polar surface area (TPSA) is 73.6 Å². The number of rotatable bonds is 8. The van der Waals surface area contributed by atoms with E-state index in [0.29, 0.717) is 26.0 Å². The Morgan fingerprint density at radius 2 is 2.00 bits per heavy atom. The largest absolute Gasteiger partial charge is 0.395 e. The van der Waals surface area contributed by atoms with Crippen molar-refractivity contribution in [1.29, 1.82) is 5.26 Å². The molecule has 0 aromatic heterocycles. The molecule has 0 aliphatic carbocycles. The minimum absolute atomic E-state index is 0.107. The van der Waals surface area contributed by atoms with Crippen molar-refractivity contribution in [2.75, 3.05) is 33.4 Å². The number of carbonyl (C=O) groups excluding carboxylic acids is 1. The fraction of sp³-hybridized carbons (Fsp3) is 0.833. The first-order valence-electron chi connectivity index (χ1n) is 5.92. The smallest absolute Gasteiger partial charge is 0.243 e. The lowest BCUT2D eigenvalue weighted by Gasteiger charge is -2.30. The van der Waals surface area contributed by atoms with Crippen LogP contribution in [0.4, 0.5) is 0 Å². The Morgan fingerprint density at radius 1 is 1.41 bits per heavy atom. The Bertz CT molecular complexity index is 269. The van der Waals surface area contributed by atoms with Crippen LogP contribution in [-0.4, -0.2) is 49.3 Å². The third-order valence-electron chi connectivity index (χ3n) is 3.05. The summed E-state index contributed by atoms with van der Waals surface area (Å²) in [4.78, 5) is 13.8. The molecule has 0 radical (unpaired) electrons. The van der Waals surface area contributed by atoms with Gasteiger partial charge in [-0.1, -0.05) is 13.8 Å². The second-order valence-electron chi connectivity index (χ2n) is 3.91. The van der Waals surface area contributed by atoms with Crippen LogP contribution in [0.5, 0.6) is 0 Å². The van der Waals surface area contributed by atoms with Gasteiger partial charge >= 0.3 is 0 Å². The molecule has 17 heavy (non-hydrogen) atoms. The van der Waals surface area contributed by atoms with Gasteiger partial charge in [0.25, 0.3) is 0 Å². The van der Waals surface area contributed by atoms with E-state index in [1.54, 1.807) is 7.11 Å². The van der Waals surface area contributed by atoms with Crippen LogP contribution in [0.2, 0.25) is 0 Å². The van der Waals surface area contributed by atoms with E-state index in [2.05, 4.69) is 6.07 Å². The fourth-order valence-corrected chi connectivity index (χ4v) is 1.70. The van der Waals surface area contributed by atoms with Gasteiger partial charge in [0.1, 0.15) is 5.41 Å². The maximum Gasteiger partial charge on any atom is 0.243 e. The van der Waals surface area contributed by atoms with E-state index in [1.807, 2.05) is 13.8 Å². The van der Waals surface area contributed by atoms with Crippen LogP contribution in [0.15, 0.2) is 0 Å². The Balaban J connectivity index is 4.85. The third kappa shape index (κ3) is 3.99. The molecule has 0 heterocycles. The molecule has 5 heteroatoms. The van der Waals surface area contributed by atoms with E-state index in [9.17, 15) is 10.1 Å². The van der Waals surface area contributed by atoms with Crippen LogP contribution in [0.3, 0.4) is 0 Å². The van der Waals surface area contributed by atoms with Gasteiger partial charge in [-0.15, -0.1) is 0 Å². The number of hydrogen-bond donors (Lipinski definition) is 1. The standard InChI is InChI=1S/C12H22N2O3/c1-4-12(5-2,10-13)11(16)14(6-8-15)7-9-17-3/h15H,4-9H2,1-3H3. The van der Waals surface area contributed by atoms with Crippen molar-refractivity contribution in [3.8, 4) is 6.07 Å². The highest BCUT2D eigenvalue weighted by molar-refractivity contribution is 5.85. The van der Waals surface area contributed by atoms with Gasteiger partial charge in [-0.25, -0.2) is 0 Å².